The fraction of sp³-hybridized carbons (Fsp3) is 0.111. The van der Waals surface area contributed by atoms with Gasteiger partial charge < -0.3 is 9.67 Å². The summed E-state index contributed by atoms with van der Waals surface area (Å²) in [6.07, 6.45) is 1.41. The van der Waals surface area contributed by atoms with Gasteiger partial charge in [-0.3, -0.25) is 14.9 Å². The molecular weight excluding hydrogens is 322 g/mol. The molecule has 0 spiro atoms. The van der Waals surface area contributed by atoms with Crippen LogP contribution in [0.25, 0.3) is 11.4 Å². The zero-order valence-corrected chi connectivity index (χ0v) is 13.2. The predicted octanol–water partition coefficient (Wildman–Crippen LogP) is 3.13. The summed E-state index contributed by atoms with van der Waals surface area (Å²) in [6, 6.07) is 15.7. The highest BCUT2D eigenvalue weighted by atomic mass is 16.6. The zero-order valence-electron chi connectivity index (χ0n) is 13.2. The number of hydrogen-bond acceptors (Lipinski definition) is 4. The highest BCUT2D eigenvalue weighted by molar-refractivity contribution is 5.70. The summed E-state index contributed by atoms with van der Waals surface area (Å²) < 4.78 is 1.82. The Morgan fingerprint density at radius 3 is 2.40 bits per heavy atom. The van der Waals surface area contributed by atoms with Crippen LogP contribution in [0, 0.1) is 10.1 Å². The molecule has 0 unspecified atom stereocenters. The number of imidazole rings is 1. The van der Waals surface area contributed by atoms with E-state index in [4.69, 9.17) is 5.11 Å². The van der Waals surface area contributed by atoms with Crippen LogP contribution < -0.4 is 0 Å². The molecule has 1 aromatic heterocycles. The van der Waals surface area contributed by atoms with Crippen molar-refractivity contribution in [3.8, 4) is 11.4 Å². The molecule has 0 bridgehead atoms. The van der Waals surface area contributed by atoms with Crippen LogP contribution in [0.5, 0.6) is 0 Å². The van der Waals surface area contributed by atoms with E-state index in [9.17, 15) is 14.9 Å². The maximum Gasteiger partial charge on any atom is 0.309 e. The van der Waals surface area contributed by atoms with Gasteiger partial charge in [0.05, 0.1) is 11.3 Å². The van der Waals surface area contributed by atoms with Crippen molar-refractivity contribution in [3.63, 3.8) is 0 Å². The Balaban J connectivity index is 1.98. The normalized spacial score (nSPS) is 10.6. The summed E-state index contributed by atoms with van der Waals surface area (Å²) in [4.78, 5) is 25.8. The van der Waals surface area contributed by atoms with Crippen molar-refractivity contribution < 1.29 is 14.8 Å². The Hall–Kier alpha value is -3.48. The topological polar surface area (TPSA) is 98.3 Å². The monoisotopic (exact) mass is 337 g/mol. The lowest BCUT2D eigenvalue weighted by atomic mass is 10.1. The number of nitro benzene ring substituents is 1. The molecule has 7 heteroatoms. The quantitative estimate of drug-likeness (QED) is 0.550. The van der Waals surface area contributed by atoms with E-state index < -0.39 is 10.9 Å². The van der Waals surface area contributed by atoms with Gasteiger partial charge in [0.2, 0.25) is 0 Å². The van der Waals surface area contributed by atoms with Crippen LogP contribution in [-0.2, 0) is 17.8 Å². The van der Waals surface area contributed by atoms with Crippen molar-refractivity contribution in [1.29, 1.82) is 0 Å². The lowest BCUT2D eigenvalue weighted by Gasteiger charge is -2.11. The minimum atomic E-state index is -0.940. The van der Waals surface area contributed by atoms with Crippen molar-refractivity contribution in [2.75, 3.05) is 0 Å². The van der Waals surface area contributed by atoms with E-state index in [1.807, 2.05) is 34.9 Å². The summed E-state index contributed by atoms with van der Waals surface area (Å²) in [6.45, 7) is 0.380. The lowest BCUT2D eigenvalue weighted by Crippen LogP contribution is -2.10. The van der Waals surface area contributed by atoms with Crippen LogP contribution in [0.1, 0.15) is 11.3 Å². The van der Waals surface area contributed by atoms with Crippen LogP contribution in [0.15, 0.2) is 60.8 Å². The molecule has 2 aromatic carbocycles. The number of aromatic nitrogens is 2. The molecule has 3 rings (SSSR count). The molecule has 0 saturated heterocycles. The van der Waals surface area contributed by atoms with Crippen molar-refractivity contribution >= 4 is 11.7 Å². The largest absolute Gasteiger partial charge is 0.481 e. The van der Waals surface area contributed by atoms with E-state index in [-0.39, 0.29) is 12.1 Å². The van der Waals surface area contributed by atoms with Gasteiger partial charge in [-0.2, -0.15) is 0 Å². The molecule has 0 fully saturated rings. The number of nitro groups is 1. The third-order valence-corrected chi connectivity index (χ3v) is 3.79. The van der Waals surface area contributed by atoms with Gasteiger partial charge in [0.25, 0.3) is 5.69 Å². The van der Waals surface area contributed by atoms with E-state index in [0.29, 0.717) is 18.1 Å². The van der Waals surface area contributed by atoms with Gasteiger partial charge in [-0.25, -0.2) is 4.98 Å². The molecule has 0 atom stereocenters. The highest BCUT2D eigenvalue weighted by Crippen LogP contribution is 2.22. The maximum absolute atomic E-state index is 11.1. The van der Waals surface area contributed by atoms with Gasteiger partial charge in [0, 0.05) is 36.1 Å². The number of benzene rings is 2. The van der Waals surface area contributed by atoms with Gasteiger partial charge in [-0.15, -0.1) is 0 Å². The molecule has 0 aliphatic carbocycles. The Morgan fingerprint density at radius 2 is 1.80 bits per heavy atom. The Kier molecular flexibility index (Phi) is 4.56. The standard InChI is InChI=1S/C18H15N3O4/c22-17(23)10-16-11-19-18(14-4-2-1-3-5-14)20(16)12-13-6-8-15(9-7-13)21(24)25/h1-9,11H,10,12H2,(H,22,23). The first-order valence-electron chi connectivity index (χ1n) is 7.59. The third-order valence-electron chi connectivity index (χ3n) is 3.79. The number of rotatable bonds is 6. The average Bonchev–Trinajstić information content (AvgIpc) is 2.98. The number of nitrogens with zero attached hydrogens (tertiary/aromatic N) is 3. The van der Waals surface area contributed by atoms with Gasteiger partial charge in [-0.05, 0) is 5.56 Å². The molecule has 1 heterocycles. The maximum atomic E-state index is 11.1. The zero-order chi connectivity index (χ0) is 17.8. The smallest absolute Gasteiger partial charge is 0.309 e. The molecule has 7 nitrogen and oxygen atoms in total. The van der Waals surface area contributed by atoms with Crippen molar-refractivity contribution in [1.82, 2.24) is 9.55 Å². The molecule has 1 N–H and O–H groups in total. The third kappa shape index (κ3) is 3.72. The number of hydrogen-bond donors (Lipinski definition) is 1. The van der Waals surface area contributed by atoms with Crippen LogP contribution in [0.4, 0.5) is 5.69 Å². The van der Waals surface area contributed by atoms with E-state index in [2.05, 4.69) is 4.98 Å². The molecule has 0 radical (unpaired) electrons. The minimum absolute atomic E-state index is 0.0171. The molecule has 0 aliphatic heterocycles. The second-order valence-corrected chi connectivity index (χ2v) is 5.52. The van der Waals surface area contributed by atoms with Gasteiger partial charge in [-0.1, -0.05) is 42.5 Å². The number of carbonyl (C=O) groups is 1. The minimum Gasteiger partial charge on any atom is -0.481 e. The van der Waals surface area contributed by atoms with E-state index in [1.165, 1.54) is 12.1 Å². The van der Waals surface area contributed by atoms with Crippen molar-refractivity contribution in [2.24, 2.45) is 0 Å². The predicted molar refractivity (Wildman–Crippen MR) is 91.2 cm³/mol. The lowest BCUT2D eigenvalue weighted by molar-refractivity contribution is -0.384. The van der Waals surface area contributed by atoms with Crippen LogP contribution >= 0.6 is 0 Å². The van der Waals surface area contributed by atoms with Crippen LogP contribution in [0.2, 0.25) is 0 Å². The molecule has 0 aliphatic rings. The number of non-ortho nitro benzene ring substituents is 1. The highest BCUT2D eigenvalue weighted by Gasteiger charge is 2.15. The first-order chi connectivity index (χ1) is 12.0. The van der Waals surface area contributed by atoms with Gasteiger partial charge in [0.1, 0.15) is 5.82 Å². The van der Waals surface area contributed by atoms with Crippen LogP contribution in [0.3, 0.4) is 0 Å². The fourth-order valence-electron chi connectivity index (χ4n) is 2.61. The SMILES string of the molecule is O=C(O)Cc1cnc(-c2ccccc2)n1Cc1ccc([N+](=O)[O-])cc1. The van der Waals surface area contributed by atoms with Gasteiger partial charge in [0.15, 0.2) is 0 Å². The number of carboxylic acid groups (broad SMARTS) is 1. The first-order valence-corrected chi connectivity index (χ1v) is 7.59. The Morgan fingerprint density at radius 1 is 1.12 bits per heavy atom. The average molecular weight is 337 g/mol. The summed E-state index contributed by atoms with van der Waals surface area (Å²) in [5.41, 5.74) is 2.29. The van der Waals surface area contributed by atoms with Crippen molar-refractivity contribution in [2.45, 2.75) is 13.0 Å². The number of aliphatic carboxylic acids is 1. The molecule has 25 heavy (non-hydrogen) atoms. The second kappa shape index (κ2) is 6.96. The van der Waals surface area contributed by atoms with Crippen molar-refractivity contribution in [3.05, 3.63) is 82.2 Å². The molecular formula is C18H15N3O4. The van der Waals surface area contributed by atoms with E-state index >= 15 is 0 Å². The van der Waals surface area contributed by atoms with E-state index in [1.54, 1.807) is 18.3 Å². The molecule has 3 aromatic rings. The number of carboxylic acids is 1. The molecule has 126 valence electrons. The van der Waals surface area contributed by atoms with Crippen LogP contribution in [-0.4, -0.2) is 25.6 Å². The summed E-state index contributed by atoms with van der Waals surface area (Å²) in [5, 5.41) is 19.9. The molecule has 0 amide bonds. The fourth-order valence-corrected chi connectivity index (χ4v) is 2.61. The first kappa shape index (κ1) is 16.4. The Bertz CT molecular complexity index is 902. The van der Waals surface area contributed by atoms with Gasteiger partial charge >= 0.3 is 5.97 Å². The summed E-state index contributed by atoms with van der Waals surface area (Å²) >= 11 is 0. The van der Waals surface area contributed by atoms with E-state index in [0.717, 1.165) is 11.1 Å². The Labute approximate surface area is 143 Å². The summed E-state index contributed by atoms with van der Waals surface area (Å²) in [7, 11) is 0. The second-order valence-electron chi connectivity index (χ2n) is 5.52. The molecule has 0 saturated carbocycles. The summed E-state index contributed by atoms with van der Waals surface area (Å²) in [5.74, 6) is -0.278.